The summed E-state index contributed by atoms with van der Waals surface area (Å²) < 4.78 is 27.3. The topological polar surface area (TPSA) is 151 Å². The number of carboxylic acids is 1. The van der Waals surface area contributed by atoms with Crippen LogP contribution in [0.25, 0.3) is 0 Å². The first-order valence-corrected chi connectivity index (χ1v) is 5.44. The molecule has 1 atom stereocenters. The number of rotatable bonds is 4. The standard InChI is InChI=1S/C2H4O3.CH4O6P2.CH4.Ti/c3-1-2(4)5;1-6-8(2)7-9(3,4)5;;/h3H,1H2,(H,4,5);1H3,(H-,3,4,5);1H4;/p+1. The molecule has 0 spiro atoms. The summed E-state index contributed by atoms with van der Waals surface area (Å²) in [6, 6.07) is 0. The minimum absolute atomic E-state index is 0. The molecule has 96 valence electrons. The molecule has 4 N–H and O–H groups in total. The van der Waals surface area contributed by atoms with E-state index in [1.54, 1.807) is 0 Å². The Hall–Kier alpha value is 0.314. The van der Waals surface area contributed by atoms with E-state index in [1.807, 2.05) is 0 Å². The normalized spacial score (nSPS) is 9.88. The molecular weight excluding hydrogens is 302 g/mol. The molecule has 0 saturated carbocycles. The molecule has 0 bridgehead atoms. The maximum absolute atomic E-state index is 10.0. The molecule has 0 fully saturated rings. The van der Waals surface area contributed by atoms with Crippen molar-refractivity contribution >= 4 is 22.0 Å². The molecule has 0 aliphatic heterocycles. The summed E-state index contributed by atoms with van der Waals surface area (Å²) >= 11 is 0. The fraction of sp³-hybridized carbons (Fsp3) is 0.750. The minimum atomic E-state index is -4.65. The van der Waals surface area contributed by atoms with Crippen LogP contribution in [0, 0.1) is 0 Å². The molecule has 0 amide bonds. The molecule has 0 heterocycles. The van der Waals surface area contributed by atoms with Crippen molar-refractivity contribution in [2.24, 2.45) is 0 Å². The Balaban J connectivity index is -0.0000000904. The molecule has 0 aliphatic carbocycles. The Morgan fingerprint density at radius 3 is 1.81 bits per heavy atom. The van der Waals surface area contributed by atoms with Crippen LogP contribution in [-0.4, -0.2) is 39.7 Å². The van der Waals surface area contributed by atoms with E-state index in [2.05, 4.69) is 8.83 Å². The van der Waals surface area contributed by atoms with Crippen molar-refractivity contribution in [3.63, 3.8) is 0 Å². The average Bonchev–Trinajstić information content (AvgIpc) is 2.02. The van der Waals surface area contributed by atoms with Gasteiger partial charge in [-0.3, -0.25) is 0 Å². The van der Waals surface area contributed by atoms with Crippen LogP contribution in [0.4, 0.5) is 0 Å². The van der Waals surface area contributed by atoms with Crippen molar-refractivity contribution in [3.8, 4) is 0 Å². The van der Waals surface area contributed by atoms with Gasteiger partial charge in [-0.2, -0.15) is 0 Å². The van der Waals surface area contributed by atoms with Gasteiger partial charge in [-0.25, -0.2) is 9.36 Å². The van der Waals surface area contributed by atoms with E-state index < -0.39 is 28.7 Å². The smallest absolute Gasteiger partial charge is 0.480 e. The first-order valence-electron chi connectivity index (χ1n) is 2.82. The zero-order valence-electron chi connectivity index (χ0n) is 7.43. The van der Waals surface area contributed by atoms with Crippen molar-refractivity contribution in [1.29, 1.82) is 0 Å². The number of aliphatic hydroxyl groups excluding tert-OH is 1. The molecule has 9 nitrogen and oxygen atoms in total. The third-order valence-corrected chi connectivity index (χ3v) is 2.14. The van der Waals surface area contributed by atoms with Gasteiger partial charge in [0.1, 0.15) is 6.61 Å². The minimum Gasteiger partial charge on any atom is -0.480 e. The molecule has 12 heteroatoms. The Kier molecular flexibility index (Phi) is 21.1. The summed E-state index contributed by atoms with van der Waals surface area (Å²) in [7, 11) is -6.32. The van der Waals surface area contributed by atoms with Crippen molar-refractivity contribution in [1.82, 2.24) is 0 Å². The number of aliphatic hydroxyl groups is 1. The molecule has 16 heavy (non-hydrogen) atoms. The maximum atomic E-state index is 10.0. The van der Waals surface area contributed by atoms with Crippen molar-refractivity contribution in [2.75, 3.05) is 13.7 Å². The summed E-state index contributed by atoms with van der Waals surface area (Å²) in [5.41, 5.74) is 0. The predicted molar refractivity (Wildman–Crippen MR) is 49.2 cm³/mol. The second-order valence-corrected chi connectivity index (χ2v) is 3.98. The van der Waals surface area contributed by atoms with Crippen molar-refractivity contribution < 1.29 is 64.5 Å². The summed E-state index contributed by atoms with van der Waals surface area (Å²) in [5.74, 6) is -1.19. The van der Waals surface area contributed by atoms with E-state index in [0.717, 1.165) is 7.11 Å². The van der Waals surface area contributed by atoms with Crippen LogP contribution in [0.1, 0.15) is 7.43 Å². The zero-order valence-corrected chi connectivity index (χ0v) is 10.8. The van der Waals surface area contributed by atoms with Gasteiger partial charge in [-0.1, -0.05) is 7.43 Å². The van der Waals surface area contributed by atoms with Gasteiger partial charge in [0.2, 0.25) is 0 Å². The first kappa shape index (κ1) is 25.2. The van der Waals surface area contributed by atoms with E-state index in [9.17, 15) is 9.13 Å². The molecule has 0 aromatic carbocycles. The van der Waals surface area contributed by atoms with Gasteiger partial charge >= 0.3 is 22.0 Å². The van der Waals surface area contributed by atoms with Gasteiger partial charge in [-0.05, 0) is 4.31 Å². The Morgan fingerprint density at radius 2 is 1.75 bits per heavy atom. The monoisotopic (exact) mass is 315 g/mol. The Labute approximate surface area is 108 Å². The van der Waals surface area contributed by atoms with Gasteiger partial charge in [0.15, 0.2) is 0 Å². The molecular formula is C4H13O9P2Ti+. The number of aliphatic carboxylic acids is 1. The van der Waals surface area contributed by atoms with Crippen LogP contribution in [0.15, 0.2) is 0 Å². The van der Waals surface area contributed by atoms with Gasteiger partial charge in [0.05, 0.1) is 7.11 Å². The molecule has 0 aromatic rings. The fourth-order valence-corrected chi connectivity index (χ4v) is 1.08. The van der Waals surface area contributed by atoms with E-state index in [-0.39, 0.29) is 29.1 Å². The van der Waals surface area contributed by atoms with Crippen LogP contribution < -0.4 is 0 Å². The number of hydrogen-bond acceptors (Lipinski definition) is 6. The fourth-order valence-electron chi connectivity index (χ4n) is 0.120. The van der Waals surface area contributed by atoms with Gasteiger partial charge in [0.25, 0.3) is 0 Å². The number of hydrogen-bond donors (Lipinski definition) is 4. The van der Waals surface area contributed by atoms with Gasteiger partial charge in [-0.15, -0.1) is 4.52 Å². The third kappa shape index (κ3) is 29.2. The number of phosphoric acid groups is 1. The molecule has 1 unspecified atom stereocenters. The van der Waals surface area contributed by atoms with Crippen LogP contribution in [-0.2, 0) is 44.5 Å². The summed E-state index contributed by atoms with van der Waals surface area (Å²) in [4.78, 5) is 25.0. The quantitative estimate of drug-likeness (QED) is 0.418. The van der Waals surface area contributed by atoms with Gasteiger partial charge < -0.3 is 20.0 Å². The van der Waals surface area contributed by atoms with E-state index in [4.69, 9.17) is 24.8 Å². The molecule has 0 aromatic heterocycles. The van der Waals surface area contributed by atoms with Gasteiger partial charge in [0, 0.05) is 26.3 Å². The molecule has 0 saturated heterocycles. The van der Waals surface area contributed by atoms with Crippen molar-refractivity contribution in [3.05, 3.63) is 0 Å². The van der Waals surface area contributed by atoms with E-state index in [1.165, 1.54) is 0 Å². The van der Waals surface area contributed by atoms with E-state index in [0.29, 0.717) is 0 Å². The van der Waals surface area contributed by atoms with Crippen LogP contribution in [0.5, 0.6) is 0 Å². The Bertz CT molecular complexity index is 238. The largest absolute Gasteiger partial charge is 0.708 e. The zero-order chi connectivity index (χ0) is 11.8. The number of carboxylic acid groups (broad SMARTS) is 1. The second kappa shape index (κ2) is 13.4. The van der Waals surface area contributed by atoms with Crippen LogP contribution >= 0.6 is 16.1 Å². The first-order chi connectivity index (χ1) is 6.22. The summed E-state index contributed by atoms with van der Waals surface area (Å²) in [6.45, 7) is -0.778. The van der Waals surface area contributed by atoms with Crippen LogP contribution in [0.3, 0.4) is 0 Å². The molecule has 0 rings (SSSR count). The van der Waals surface area contributed by atoms with Crippen molar-refractivity contribution in [2.45, 2.75) is 7.43 Å². The SMILES string of the molecule is C.CO[P+](=O)OP(=O)(O)O.O=C(O)CO.[Ti]. The molecule has 0 aliphatic rings. The number of carbonyl (C=O) groups is 1. The third-order valence-electron chi connectivity index (χ3n) is 0.457. The summed E-state index contributed by atoms with van der Waals surface area (Å²) in [5, 5.41) is 15.0. The Morgan fingerprint density at radius 1 is 1.44 bits per heavy atom. The predicted octanol–water partition coefficient (Wildman–Crippen LogP) is 0.0964. The second-order valence-electron chi connectivity index (χ2n) is 1.53. The average molecular weight is 315 g/mol. The maximum Gasteiger partial charge on any atom is 0.708 e. The molecule has 0 radical (unpaired) electrons. The van der Waals surface area contributed by atoms with Crippen LogP contribution in [0.2, 0.25) is 0 Å². The summed E-state index contributed by atoms with van der Waals surface area (Å²) in [6.07, 6.45) is 0. The van der Waals surface area contributed by atoms with E-state index >= 15 is 0 Å².